The molecule has 1 N–H and O–H groups in total. The van der Waals surface area contributed by atoms with Crippen molar-refractivity contribution in [1.29, 1.82) is 0 Å². The van der Waals surface area contributed by atoms with Gasteiger partial charge in [-0.3, -0.25) is 14.4 Å². The van der Waals surface area contributed by atoms with Crippen LogP contribution in [-0.4, -0.2) is 69.6 Å². The summed E-state index contributed by atoms with van der Waals surface area (Å²) in [5.74, 6) is -1.70. The normalized spacial score (nSPS) is 28.6. The lowest BCUT2D eigenvalue weighted by Gasteiger charge is -2.37. The quantitative estimate of drug-likeness (QED) is 0.223. The number of unbranched alkanes of at least 4 members (excludes halogenated alkanes) is 3. The molecule has 0 radical (unpaired) electrons. The number of likely N-dealkylation sites (tertiary alicyclic amines) is 1. The third-order valence-corrected chi connectivity index (χ3v) is 11.0. The van der Waals surface area contributed by atoms with Crippen molar-refractivity contribution in [2.24, 2.45) is 11.8 Å². The van der Waals surface area contributed by atoms with Crippen molar-refractivity contribution in [3.8, 4) is 0 Å². The molecule has 2 aromatic carbocycles. The first-order chi connectivity index (χ1) is 19.3. The topological polar surface area (TPSA) is 87.2 Å². The number of fused-ring (bicyclic) bond motifs is 2. The molecule has 3 aliphatic rings. The highest BCUT2D eigenvalue weighted by atomic mass is 32.2. The average Bonchev–Trinajstić information content (AvgIpc) is 3.51. The Kier molecular flexibility index (Phi) is 8.30. The predicted octanol–water partition coefficient (Wildman–Crippen LogP) is 4.96. The first-order valence-electron chi connectivity index (χ1n) is 14.5. The molecule has 40 heavy (non-hydrogen) atoms. The number of amides is 2. The van der Waals surface area contributed by atoms with Crippen LogP contribution in [0.25, 0.3) is 10.8 Å². The monoisotopic (exact) mass is 564 g/mol. The predicted molar refractivity (Wildman–Crippen MR) is 159 cm³/mol. The molecule has 0 saturated carbocycles. The van der Waals surface area contributed by atoms with Gasteiger partial charge in [0, 0.05) is 30.1 Å². The molecule has 2 amide bonds. The van der Waals surface area contributed by atoms with Crippen molar-refractivity contribution in [3.05, 3.63) is 55.1 Å². The average molecular weight is 565 g/mol. The van der Waals surface area contributed by atoms with Crippen LogP contribution >= 0.6 is 11.8 Å². The minimum Gasteiger partial charge on any atom is -0.466 e. The Balaban J connectivity index is 1.54. The lowest BCUT2D eigenvalue weighted by atomic mass is 9.66. The maximum Gasteiger partial charge on any atom is 0.311 e. The minimum atomic E-state index is -0.680. The zero-order valence-corrected chi connectivity index (χ0v) is 24.3. The van der Waals surface area contributed by atoms with Crippen LogP contribution in [-0.2, 0) is 19.1 Å². The first kappa shape index (κ1) is 28.7. The van der Waals surface area contributed by atoms with E-state index in [1.165, 1.54) is 0 Å². The van der Waals surface area contributed by atoms with Gasteiger partial charge < -0.3 is 19.6 Å². The summed E-state index contributed by atoms with van der Waals surface area (Å²) in [4.78, 5) is 45.8. The number of anilines is 1. The zero-order chi connectivity index (χ0) is 28.5. The van der Waals surface area contributed by atoms with E-state index in [4.69, 9.17) is 4.74 Å². The summed E-state index contributed by atoms with van der Waals surface area (Å²) >= 11 is 1.67. The van der Waals surface area contributed by atoms with Gasteiger partial charge in [-0.05, 0) is 62.4 Å². The molecule has 2 bridgehead atoms. The summed E-state index contributed by atoms with van der Waals surface area (Å²) in [6.07, 6.45) is 6.37. The highest BCUT2D eigenvalue weighted by Gasteiger charge is 2.77. The molecule has 3 saturated heterocycles. The number of esters is 1. The van der Waals surface area contributed by atoms with Gasteiger partial charge >= 0.3 is 5.97 Å². The molecule has 5 rings (SSSR count). The summed E-state index contributed by atoms with van der Waals surface area (Å²) in [7, 11) is 0. The Morgan fingerprint density at radius 3 is 2.62 bits per heavy atom. The van der Waals surface area contributed by atoms with Gasteiger partial charge in [-0.15, -0.1) is 18.3 Å². The van der Waals surface area contributed by atoms with E-state index in [9.17, 15) is 19.5 Å². The van der Waals surface area contributed by atoms with Crippen molar-refractivity contribution >= 4 is 46.0 Å². The molecular formula is C32H40N2O5S. The highest BCUT2D eigenvalue weighted by molar-refractivity contribution is 8.02. The smallest absolute Gasteiger partial charge is 0.311 e. The van der Waals surface area contributed by atoms with Crippen molar-refractivity contribution in [2.45, 2.75) is 67.9 Å². The van der Waals surface area contributed by atoms with Crippen LogP contribution in [0.2, 0.25) is 0 Å². The number of hydrogen-bond acceptors (Lipinski definition) is 6. The number of carbonyl (C=O) groups excluding carboxylic acids is 3. The Bertz CT molecular complexity index is 1300. The number of nitrogens with zero attached hydrogens (tertiary/aromatic N) is 2. The van der Waals surface area contributed by atoms with Crippen LogP contribution in [0.15, 0.2) is 55.1 Å². The molecule has 3 heterocycles. The highest BCUT2D eigenvalue weighted by Crippen LogP contribution is 2.71. The maximum atomic E-state index is 14.7. The van der Waals surface area contributed by atoms with E-state index in [0.29, 0.717) is 19.5 Å². The fourth-order valence-corrected chi connectivity index (χ4v) is 9.57. The molecule has 0 aliphatic carbocycles. The van der Waals surface area contributed by atoms with E-state index in [1.54, 1.807) is 34.6 Å². The fraction of sp³-hybridized carbons (Fsp3) is 0.531. The molecule has 8 heteroatoms. The molecular weight excluding hydrogens is 524 g/mol. The molecule has 2 unspecified atom stereocenters. The van der Waals surface area contributed by atoms with Crippen LogP contribution < -0.4 is 4.90 Å². The van der Waals surface area contributed by atoms with Crippen LogP contribution in [0.3, 0.4) is 0 Å². The van der Waals surface area contributed by atoms with E-state index in [1.807, 2.05) is 42.5 Å². The summed E-state index contributed by atoms with van der Waals surface area (Å²) in [6, 6.07) is 13.4. The van der Waals surface area contributed by atoms with Gasteiger partial charge in [0.05, 0.1) is 23.2 Å². The van der Waals surface area contributed by atoms with Gasteiger partial charge in [-0.25, -0.2) is 0 Å². The number of thioether (sulfide) groups is 1. The zero-order valence-electron chi connectivity index (χ0n) is 23.5. The number of aliphatic hydroxyl groups is 1. The molecule has 1 spiro atoms. The number of rotatable bonds is 12. The standard InChI is InChI=1S/C32H40N2O5S/c1-4-18-33(24-15-14-22-12-8-9-13-23(22)21-24)29(37)27-32-17-16-31(3,40-32)26(30(38)39-5-2)25(32)28(36)34(27)19-10-6-7-11-20-35/h4,8-9,12-15,21,25-27,35H,1,5-7,10-11,16-20H2,2-3H3/t25-,26-,27?,31+,32?/m0/s1. The minimum absolute atomic E-state index is 0.105. The van der Waals surface area contributed by atoms with Gasteiger partial charge in [0.25, 0.3) is 5.91 Å². The number of benzene rings is 2. The molecule has 7 nitrogen and oxygen atoms in total. The Morgan fingerprint density at radius 2 is 1.90 bits per heavy atom. The van der Waals surface area contributed by atoms with Gasteiger partial charge in [0.2, 0.25) is 5.91 Å². The Morgan fingerprint density at radius 1 is 1.15 bits per heavy atom. The lowest BCUT2D eigenvalue weighted by molar-refractivity contribution is -0.155. The van der Waals surface area contributed by atoms with Gasteiger partial charge in [0.1, 0.15) is 6.04 Å². The summed E-state index contributed by atoms with van der Waals surface area (Å²) < 4.78 is 4.38. The van der Waals surface area contributed by atoms with Gasteiger partial charge in [0.15, 0.2) is 0 Å². The van der Waals surface area contributed by atoms with E-state index < -0.39 is 27.4 Å². The van der Waals surface area contributed by atoms with Gasteiger partial charge in [-0.2, -0.15) is 0 Å². The summed E-state index contributed by atoms with van der Waals surface area (Å²) in [5, 5.41) is 11.3. The van der Waals surface area contributed by atoms with Gasteiger partial charge in [-0.1, -0.05) is 49.2 Å². The first-order valence-corrected chi connectivity index (χ1v) is 15.3. The number of carbonyl (C=O) groups is 3. The molecule has 3 fully saturated rings. The van der Waals surface area contributed by atoms with E-state index >= 15 is 0 Å². The van der Waals surface area contributed by atoms with Crippen molar-refractivity contribution in [1.82, 2.24) is 4.90 Å². The number of ether oxygens (including phenoxy) is 1. The van der Waals surface area contributed by atoms with Crippen LogP contribution in [0.5, 0.6) is 0 Å². The Labute approximate surface area is 240 Å². The third-order valence-electron chi connectivity index (χ3n) is 8.98. The lowest BCUT2D eigenvalue weighted by Crippen LogP contribution is -2.55. The van der Waals surface area contributed by atoms with E-state index in [2.05, 4.69) is 13.5 Å². The largest absolute Gasteiger partial charge is 0.466 e. The number of aliphatic hydroxyl groups excluding tert-OH is 1. The van der Waals surface area contributed by atoms with Crippen LogP contribution in [0.4, 0.5) is 5.69 Å². The second kappa shape index (κ2) is 11.6. The van der Waals surface area contributed by atoms with Crippen molar-refractivity contribution in [3.63, 3.8) is 0 Å². The molecule has 3 aliphatic heterocycles. The summed E-state index contributed by atoms with van der Waals surface area (Å²) in [5.41, 5.74) is 0.768. The van der Waals surface area contributed by atoms with Crippen molar-refractivity contribution < 1.29 is 24.2 Å². The molecule has 2 aromatic rings. The summed E-state index contributed by atoms with van der Waals surface area (Å²) in [6.45, 7) is 8.95. The third kappa shape index (κ3) is 4.73. The maximum absolute atomic E-state index is 14.7. The molecule has 0 aromatic heterocycles. The SMILES string of the molecule is C=CCN(C(=O)C1N(CCCCCCO)C(=O)[C@@H]2[C@@H](C(=O)OCC)[C@@]3(C)CCC12S3)c1ccc2ccccc2c1. The fourth-order valence-electron chi connectivity index (χ4n) is 7.23. The van der Waals surface area contributed by atoms with Crippen LogP contribution in [0, 0.1) is 11.8 Å². The molecule has 214 valence electrons. The van der Waals surface area contributed by atoms with Crippen molar-refractivity contribution in [2.75, 3.05) is 31.2 Å². The second-order valence-corrected chi connectivity index (χ2v) is 13.3. The van der Waals surface area contributed by atoms with E-state index in [-0.39, 0.29) is 31.0 Å². The second-order valence-electron chi connectivity index (χ2n) is 11.4. The molecule has 5 atom stereocenters. The van der Waals surface area contributed by atoms with E-state index in [0.717, 1.165) is 48.6 Å². The Hall–Kier alpha value is -2.84. The number of hydrogen-bond donors (Lipinski definition) is 1. The van der Waals surface area contributed by atoms with Crippen LogP contribution in [0.1, 0.15) is 52.4 Å².